The zero-order valence-electron chi connectivity index (χ0n) is 9.97. The summed E-state index contributed by atoms with van der Waals surface area (Å²) < 4.78 is 3.13. The molecular formula is C11H20BrN3. The van der Waals surface area contributed by atoms with Crippen LogP contribution >= 0.6 is 15.9 Å². The lowest BCUT2D eigenvalue weighted by Gasteiger charge is -2.15. The van der Waals surface area contributed by atoms with Gasteiger partial charge >= 0.3 is 0 Å². The van der Waals surface area contributed by atoms with Gasteiger partial charge in [0.2, 0.25) is 0 Å². The molecule has 1 rings (SSSR count). The van der Waals surface area contributed by atoms with E-state index in [1.807, 2.05) is 18.7 Å². The zero-order valence-corrected chi connectivity index (χ0v) is 11.6. The van der Waals surface area contributed by atoms with E-state index in [-0.39, 0.29) is 0 Å². The number of hydrogen-bond donors (Lipinski definition) is 1. The predicted octanol–water partition coefficient (Wildman–Crippen LogP) is 2.42. The number of aryl methyl sites for hydroxylation is 2. The number of likely N-dealkylation sites (N-methyl/N-ethyl adjacent to an activating group) is 1. The summed E-state index contributed by atoms with van der Waals surface area (Å²) in [4.78, 5) is 0. The Balaban J connectivity index is 2.78. The quantitative estimate of drug-likeness (QED) is 0.893. The van der Waals surface area contributed by atoms with Crippen LogP contribution in [0, 0.1) is 6.92 Å². The van der Waals surface area contributed by atoms with Gasteiger partial charge in [-0.25, -0.2) is 0 Å². The molecule has 0 saturated carbocycles. The van der Waals surface area contributed by atoms with E-state index in [0.29, 0.717) is 6.04 Å². The third-order valence-corrected chi connectivity index (χ3v) is 3.72. The molecule has 1 aromatic heterocycles. The summed E-state index contributed by atoms with van der Waals surface area (Å²) in [6.45, 7) is 7.41. The summed E-state index contributed by atoms with van der Waals surface area (Å²) in [5, 5.41) is 7.88. The van der Waals surface area contributed by atoms with Crippen molar-refractivity contribution in [1.82, 2.24) is 15.1 Å². The number of rotatable bonds is 5. The molecule has 0 spiro atoms. The average Bonchev–Trinajstić information content (AvgIpc) is 2.44. The molecule has 0 saturated heterocycles. The minimum absolute atomic E-state index is 0.543. The second-order valence-electron chi connectivity index (χ2n) is 3.84. The Kier molecular flexibility index (Phi) is 4.80. The summed E-state index contributed by atoms with van der Waals surface area (Å²) in [7, 11) is 2.01. The molecule has 15 heavy (non-hydrogen) atoms. The molecule has 0 aliphatic heterocycles. The lowest BCUT2D eigenvalue weighted by molar-refractivity contribution is 0.494. The van der Waals surface area contributed by atoms with Crippen LogP contribution < -0.4 is 5.32 Å². The summed E-state index contributed by atoms with van der Waals surface area (Å²) >= 11 is 3.60. The zero-order chi connectivity index (χ0) is 11.4. The molecule has 0 radical (unpaired) electrons. The van der Waals surface area contributed by atoms with E-state index in [2.05, 4.69) is 40.2 Å². The second kappa shape index (κ2) is 5.66. The van der Waals surface area contributed by atoms with Crippen molar-refractivity contribution in [2.75, 3.05) is 6.54 Å². The number of halogens is 1. The Hall–Kier alpha value is -0.350. The highest BCUT2D eigenvalue weighted by atomic mass is 79.9. The van der Waals surface area contributed by atoms with Crippen LogP contribution in [0.3, 0.4) is 0 Å². The van der Waals surface area contributed by atoms with Gasteiger partial charge in [-0.05, 0) is 35.8 Å². The molecule has 4 heteroatoms. The van der Waals surface area contributed by atoms with Gasteiger partial charge in [-0.3, -0.25) is 4.68 Å². The largest absolute Gasteiger partial charge is 0.314 e. The molecule has 86 valence electrons. The van der Waals surface area contributed by atoms with Crippen LogP contribution in [0.1, 0.15) is 31.7 Å². The highest BCUT2D eigenvalue weighted by molar-refractivity contribution is 9.10. The maximum Gasteiger partial charge on any atom is 0.0738 e. The van der Waals surface area contributed by atoms with E-state index in [1.54, 1.807) is 0 Å². The monoisotopic (exact) mass is 273 g/mol. The van der Waals surface area contributed by atoms with Crippen LogP contribution in [0.2, 0.25) is 0 Å². The van der Waals surface area contributed by atoms with Gasteiger partial charge in [0.05, 0.1) is 15.9 Å². The minimum Gasteiger partial charge on any atom is -0.314 e. The normalized spacial score (nSPS) is 13.1. The fraction of sp³-hybridized carbons (Fsp3) is 0.727. The summed E-state index contributed by atoms with van der Waals surface area (Å²) in [6, 6.07) is 0.543. The van der Waals surface area contributed by atoms with E-state index in [0.717, 1.165) is 29.6 Å². The molecule has 3 nitrogen and oxygen atoms in total. The van der Waals surface area contributed by atoms with Gasteiger partial charge in [-0.15, -0.1) is 0 Å². The van der Waals surface area contributed by atoms with E-state index in [1.165, 1.54) is 5.69 Å². The van der Waals surface area contributed by atoms with Crippen LogP contribution in [-0.2, 0) is 13.5 Å². The molecule has 0 amide bonds. The third-order valence-electron chi connectivity index (χ3n) is 2.69. The Bertz CT molecular complexity index is 320. The molecule has 1 aromatic rings. The molecule has 1 atom stereocenters. The van der Waals surface area contributed by atoms with Crippen molar-refractivity contribution in [1.29, 1.82) is 0 Å². The fourth-order valence-electron chi connectivity index (χ4n) is 1.78. The van der Waals surface area contributed by atoms with E-state index in [4.69, 9.17) is 0 Å². The van der Waals surface area contributed by atoms with Crippen molar-refractivity contribution in [2.45, 2.75) is 39.7 Å². The van der Waals surface area contributed by atoms with Crippen LogP contribution in [-0.4, -0.2) is 22.4 Å². The molecule has 0 aliphatic rings. The maximum atomic E-state index is 4.40. The van der Waals surface area contributed by atoms with E-state index >= 15 is 0 Å². The second-order valence-corrected chi connectivity index (χ2v) is 4.63. The summed E-state index contributed by atoms with van der Waals surface area (Å²) in [5.74, 6) is 0. The first-order valence-corrected chi connectivity index (χ1v) is 6.30. The topological polar surface area (TPSA) is 29.9 Å². The number of nitrogens with one attached hydrogen (secondary N) is 1. The number of hydrogen-bond acceptors (Lipinski definition) is 2. The Morgan fingerprint density at radius 2 is 2.13 bits per heavy atom. The first-order chi connectivity index (χ1) is 7.10. The van der Waals surface area contributed by atoms with Gasteiger partial charge in [0.1, 0.15) is 0 Å². The summed E-state index contributed by atoms with van der Waals surface area (Å²) in [5.41, 5.74) is 2.35. The molecule has 0 fully saturated rings. The molecular weight excluding hydrogens is 254 g/mol. The van der Waals surface area contributed by atoms with Crippen molar-refractivity contribution in [3.8, 4) is 0 Å². The molecule has 0 aliphatic carbocycles. The lowest BCUT2D eigenvalue weighted by Crippen LogP contribution is -2.31. The van der Waals surface area contributed by atoms with Crippen LogP contribution in [0.5, 0.6) is 0 Å². The highest BCUT2D eigenvalue weighted by Gasteiger charge is 2.14. The standard InChI is InChI=1S/C11H20BrN3/c1-5-9(13-6-2)7-10-11(12)8(3)14-15(10)4/h9,13H,5-7H2,1-4H3. The molecule has 0 bridgehead atoms. The number of aromatic nitrogens is 2. The van der Waals surface area contributed by atoms with Gasteiger partial charge in [-0.2, -0.15) is 5.10 Å². The Morgan fingerprint density at radius 1 is 1.47 bits per heavy atom. The van der Waals surface area contributed by atoms with Crippen molar-refractivity contribution in [3.05, 3.63) is 15.9 Å². The van der Waals surface area contributed by atoms with E-state index in [9.17, 15) is 0 Å². The lowest BCUT2D eigenvalue weighted by atomic mass is 10.1. The Morgan fingerprint density at radius 3 is 2.53 bits per heavy atom. The maximum absolute atomic E-state index is 4.40. The van der Waals surface area contributed by atoms with Crippen LogP contribution in [0.4, 0.5) is 0 Å². The third kappa shape index (κ3) is 3.05. The average molecular weight is 274 g/mol. The highest BCUT2D eigenvalue weighted by Crippen LogP contribution is 2.21. The Labute approximate surface area is 100 Å². The van der Waals surface area contributed by atoms with Gasteiger partial charge in [0, 0.05) is 19.5 Å². The van der Waals surface area contributed by atoms with E-state index < -0.39 is 0 Å². The SMILES string of the molecule is CCNC(CC)Cc1c(Br)c(C)nn1C. The molecule has 0 aromatic carbocycles. The fourth-order valence-corrected chi connectivity index (χ4v) is 2.28. The van der Waals surface area contributed by atoms with Crippen LogP contribution in [0.15, 0.2) is 4.47 Å². The van der Waals surface area contributed by atoms with Crippen molar-refractivity contribution in [2.24, 2.45) is 7.05 Å². The molecule has 1 heterocycles. The van der Waals surface area contributed by atoms with Crippen LogP contribution in [0.25, 0.3) is 0 Å². The van der Waals surface area contributed by atoms with Gasteiger partial charge in [0.15, 0.2) is 0 Å². The first kappa shape index (κ1) is 12.7. The number of nitrogens with zero attached hydrogens (tertiary/aromatic N) is 2. The predicted molar refractivity (Wildman–Crippen MR) is 67.1 cm³/mol. The van der Waals surface area contributed by atoms with Crippen molar-refractivity contribution < 1.29 is 0 Å². The molecule has 1 N–H and O–H groups in total. The minimum atomic E-state index is 0.543. The smallest absolute Gasteiger partial charge is 0.0738 e. The van der Waals surface area contributed by atoms with Gasteiger partial charge < -0.3 is 5.32 Å². The van der Waals surface area contributed by atoms with Crippen molar-refractivity contribution >= 4 is 15.9 Å². The van der Waals surface area contributed by atoms with Gasteiger partial charge in [-0.1, -0.05) is 13.8 Å². The summed E-state index contributed by atoms with van der Waals surface area (Å²) in [6.07, 6.45) is 2.17. The van der Waals surface area contributed by atoms with Gasteiger partial charge in [0.25, 0.3) is 0 Å². The first-order valence-electron chi connectivity index (χ1n) is 5.51. The van der Waals surface area contributed by atoms with Crippen molar-refractivity contribution in [3.63, 3.8) is 0 Å². The molecule has 1 unspecified atom stereocenters.